The van der Waals surface area contributed by atoms with Gasteiger partial charge in [0.2, 0.25) is 0 Å². The number of amides is 1. The second kappa shape index (κ2) is 24.4. The molecule has 7 rings (SSSR count). The van der Waals surface area contributed by atoms with E-state index in [4.69, 9.17) is 28.4 Å². The molecule has 0 aromatic heterocycles. The number of hydrogen-bond acceptors (Lipinski definition) is 18. The first-order valence-electron chi connectivity index (χ1n) is 29.9. The average molecular weight is 1120 g/mol. The van der Waals surface area contributed by atoms with E-state index < -0.39 is 119 Å². The molecule has 1 amide bonds. The Morgan fingerprint density at radius 3 is 2.22 bits per heavy atom. The fourth-order valence-electron chi connectivity index (χ4n) is 16.6. The second-order valence-corrected chi connectivity index (χ2v) is 27.3. The summed E-state index contributed by atoms with van der Waals surface area (Å²) in [6.45, 7) is 22.3. The molecule has 0 spiro atoms. The van der Waals surface area contributed by atoms with E-state index >= 15 is 0 Å². The maximum absolute atomic E-state index is 14.7. The Morgan fingerprint density at radius 2 is 1.57 bits per heavy atom. The predicted molar refractivity (Wildman–Crippen MR) is 294 cm³/mol. The maximum atomic E-state index is 14.7. The van der Waals surface area contributed by atoms with Gasteiger partial charge in [-0.15, -0.1) is 0 Å². The van der Waals surface area contributed by atoms with Crippen LogP contribution in [0.2, 0.25) is 0 Å². The van der Waals surface area contributed by atoms with E-state index in [0.717, 1.165) is 18.4 Å². The zero-order chi connectivity index (χ0) is 58.7. The van der Waals surface area contributed by atoms with Crippen LogP contribution in [-0.2, 0) is 42.8 Å². The molecule has 6 fully saturated rings. The molecule has 0 aromatic rings. The number of nitrogens with one attached hydrogen (secondary N) is 1. The number of carbonyl (C=O) groups excluding carboxylic acids is 3. The van der Waals surface area contributed by atoms with E-state index in [1.165, 1.54) is 14.0 Å². The lowest BCUT2D eigenvalue weighted by Crippen LogP contribution is -2.63. The van der Waals surface area contributed by atoms with Gasteiger partial charge in [-0.05, 0) is 162 Å². The Morgan fingerprint density at radius 1 is 0.886 bits per heavy atom. The van der Waals surface area contributed by atoms with Crippen LogP contribution in [0.15, 0.2) is 11.6 Å². The minimum atomic E-state index is -1.98. The fourth-order valence-corrected chi connectivity index (χ4v) is 16.6. The van der Waals surface area contributed by atoms with Gasteiger partial charge in [-0.25, -0.2) is 0 Å². The van der Waals surface area contributed by atoms with Gasteiger partial charge in [-0.2, -0.15) is 0 Å². The van der Waals surface area contributed by atoms with Crippen LogP contribution < -0.4 is 5.32 Å². The summed E-state index contributed by atoms with van der Waals surface area (Å²) < 4.78 is 38.3. The van der Waals surface area contributed by atoms with Crippen LogP contribution >= 0.6 is 0 Å². The van der Waals surface area contributed by atoms with E-state index in [2.05, 4.69) is 12.2 Å². The number of ether oxygens (including phenoxy) is 6. The fraction of sp³-hybridized carbons (Fsp3) is 0.917. The Bertz CT molecular complexity index is 2160. The lowest BCUT2D eigenvalue weighted by molar-refractivity contribution is -0.318. The van der Waals surface area contributed by atoms with Crippen molar-refractivity contribution in [3.63, 3.8) is 0 Å². The number of esters is 1. The SMILES string of the molecule is CC[C@H]1OC(=O)[C@H](C)[C@@H](O[C@H]2C[C@@](C)(OC)[C@@H](O)[C@H](C)O2)[C@H](C)[C@@H](O[C@@H]2O[C@H](C)C[C@H](N(C)C)[C@H]2O)[C@](C)(O)C[C@@H](C)CN(CCCNC(=O)[C@@]2(O)CC[C@H]3[C@@H]4CCC5=CC(=O)CC[C@]5(C)[C@H]4[C@@H](O)C[C@@]32C)[C@H](C)[C@@H](O)[C@]1(C)O. The highest BCUT2D eigenvalue weighted by Gasteiger charge is 2.68. The summed E-state index contributed by atoms with van der Waals surface area (Å²) in [5.74, 6) is -3.33. The quantitative estimate of drug-likeness (QED) is 0.101. The number of aliphatic hydroxyl groups excluding tert-OH is 4. The molecular formula is C60H103N3O16. The smallest absolute Gasteiger partial charge is 0.311 e. The molecule has 4 aliphatic carbocycles. The van der Waals surface area contributed by atoms with Crippen LogP contribution in [-0.4, -0.2) is 206 Å². The van der Waals surface area contributed by atoms with E-state index in [9.17, 15) is 50.1 Å². The molecule has 19 nitrogen and oxygen atoms in total. The van der Waals surface area contributed by atoms with Crippen molar-refractivity contribution in [1.82, 2.24) is 15.1 Å². The van der Waals surface area contributed by atoms with Gasteiger partial charge >= 0.3 is 5.97 Å². The average Bonchev–Trinajstić information content (AvgIpc) is 3.96. The van der Waals surface area contributed by atoms with Crippen molar-refractivity contribution in [2.75, 3.05) is 40.8 Å². The highest BCUT2D eigenvalue weighted by Crippen LogP contribution is 2.67. The lowest BCUT2D eigenvalue weighted by Gasteiger charge is -2.60. The number of allylic oxidation sites excluding steroid dienone is 1. The molecule has 3 aliphatic heterocycles. The van der Waals surface area contributed by atoms with Gasteiger partial charge in [0.05, 0.1) is 47.6 Å². The number of rotatable bonds is 12. The van der Waals surface area contributed by atoms with Crippen LogP contribution in [0.25, 0.3) is 0 Å². The first kappa shape index (κ1) is 64.4. The summed E-state index contributed by atoms with van der Waals surface area (Å²) in [6.07, 6.45) is -4.17. The third-order valence-electron chi connectivity index (χ3n) is 21.4. The maximum Gasteiger partial charge on any atom is 0.311 e. The van der Waals surface area contributed by atoms with Crippen molar-refractivity contribution in [2.24, 2.45) is 46.3 Å². The van der Waals surface area contributed by atoms with Crippen molar-refractivity contribution < 1.29 is 78.6 Å². The molecule has 454 valence electrons. The number of ketones is 1. The molecule has 3 saturated carbocycles. The third-order valence-corrected chi connectivity index (χ3v) is 21.4. The van der Waals surface area contributed by atoms with Gasteiger partial charge < -0.3 is 74.4 Å². The van der Waals surface area contributed by atoms with E-state index in [-0.39, 0.29) is 92.2 Å². The van der Waals surface area contributed by atoms with E-state index in [0.29, 0.717) is 38.6 Å². The summed E-state index contributed by atoms with van der Waals surface area (Å²) in [5, 5.41) is 88.3. The number of cyclic esters (lactones) is 1. The summed E-state index contributed by atoms with van der Waals surface area (Å²) >= 11 is 0. The molecular weight excluding hydrogens is 1020 g/mol. The lowest BCUT2D eigenvalue weighted by atomic mass is 9.45. The zero-order valence-electron chi connectivity index (χ0n) is 50.4. The summed E-state index contributed by atoms with van der Waals surface area (Å²) in [7, 11) is 5.24. The topological polar surface area (TPSA) is 267 Å². The van der Waals surface area contributed by atoms with E-state index in [1.807, 2.05) is 44.7 Å². The van der Waals surface area contributed by atoms with Crippen molar-refractivity contribution in [1.29, 1.82) is 0 Å². The summed E-state index contributed by atoms with van der Waals surface area (Å²) in [5.41, 5.74) is -6.55. The van der Waals surface area contributed by atoms with Gasteiger partial charge in [-0.1, -0.05) is 40.2 Å². The minimum absolute atomic E-state index is 0.0122. The van der Waals surface area contributed by atoms with Gasteiger partial charge in [0.15, 0.2) is 18.4 Å². The molecule has 3 heterocycles. The zero-order valence-corrected chi connectivity index (χ0v) is 50.4. The molecule has 8 N–H and O–H groups in total. The van der Waals surface area contributed by atoms with E-state index in [1.54, 1.807) is 54.5 Å². The van der Waals surface area contributed by atoms with Gasteiger partial charge in [0, 0.05) is 63.0 Å². The van der Waals surface area contributed by atoms with Gasteiger partial charge in [0.25, 0.3) is 5.91 Å². The molecule has 7 aliphatic rings. The van der Waals surface area contributed by atoms with Crippen LogP contribution in [0.5, 0.6) is 0 Å². The summed E-state index contributed by atoms with van der Waals surface area (Å²) in [4.78, 5) is 45.5. The molecule has 0 bridgehead atoms. The molecule has 0 radical (unpaired) electrons. The van der Waals surface area contributed by atoms with Crippen LogP contribution in [0.3, 0.4) is 0 Å². The molecule has 25 atom stereocenters. The highest BCUT2D eigenvalue weighted by molar-refractivity contribution is 5.91. The number of carbonyl (C=O) groups is 3. The van der Waals surface area contributed by atoms with Crippen molar-refractivity contribution in [3.05, 3.63) is 11.6 Å². The van der Waals surface area contributed by atoms with Crippen LogP contribution in [0.4, 0.5) is 0 Å². The summed E-state index contributed by atoms with van der Waals surface area (Å²) in [6, 6.07) is -1.10. The van der Waals surface area contributed by atoms with Crippen molar-refractivity contribution in [2.45, 2.75) is 262 Å². The molecule has 0 aromatic carbocycles. The monoisotopic (exact) mass is 1120 g/mol. The number of fused-ring (bicyclic) bond motifs is 5. The normalized spacial score (nSPS) is 49.6. The molecule has 19 heteroatoms. The van der Waals surface area contributed by atoms with Gasteiger partial charge in [0.1, 0.15) is 35.6 Å². The van der Waals surface area contributed by atoms with Crippen LogP contribution in [0, 0.1) is 46.3 Å². The number of hydrogen-bond donors (Lipinski definition) is 8. The Hall–Kier alpha value is -2.21. The first-order chi connectivity index (χ1) is 36.7. The van der Waals surface area contributed by atoms with Crippen molar-refractivity contribution >= 4 is 17.7 Å². The number of likely N-dealkylation sites (N-methyl/N-ethyl adjacent to an activating group) is 1. The predicted octanol–water partition coefficient (Wildman–Crippen LogP) is 4.01. The number of aliphatic hydroxyl groups is 7. The number of methoxy groups -OCH3 is 1. The highest BCUT2D eigenvalue weighted by atomic mass is 16.7. The van der Waals surface area contributed by atoms with Gasteiger partial charge in [-0.3, -0.25) is 19.3 Å². The standard InChI is InChI=1S/C60H103N3O16/c1-16-44-59(12,72)49(67)36(6)63(25-17-24-61-54(70)60(73)23-21-41-40-19-18-38-27-39(64)20-22-55(38,8)46(40)43(65)29-56(41,60)9)31-32(2)28-57(10,71)51(79-53-47(66)42(62(13)14)26-33(3)75-53)34(4)48(35(5)52(69)77-44)78-45-30-58(11,74-15)50(68)37(7)76-45/h27,32-37,40-51,53,65-68,71-73H,16-26,28-31H2,1-15H3,(H,61,70)/t32-,33-,34+,35-,36-,37+,40+,41+,42+,43+,44-,45+,46-,47-,48+,49-,50+,51-,53+,55+,56+,57-,58-,59-,60+/m1/s1. The Kier molecular flexibility index (Phi) is 19.9. The van der Waals surface area contributed by atoms with Crippen molar-refractivity contribution in [3.8, 4) is 0 Å². The van der Waals surface area contributed by atoms with Crippen LogP contribution in [0.1, 0.15) is 160 Å². The number of nitrogens with zero attached hydrogens (tertiary/aromatic N) is 2. The molecule has 0 unspecified atom stereocenters. The minimum Gasteiger partial charge on any atom is -0.459 e. The Labute approximate surface area is 470 Å². The largest absolute Gasteiger partial charge is 0.459 e. The molecule has 3 saturated heterocycles. The Balaban J connectivity index is 1.15. The third kappa shape index (κ3) is 12.4. The first-order valence-corrected chi connectivity index (χ1v) is 29.9. The molecule has 79 heavy (non-hydrogen) atoms. The second-order valence-electron chi connectivity index (χ2n) is 27.3.